The van der Waals surface area contributed by atoms with Crippen molar-refractivity contribution in [2.24, 2.45) is 0 Å². The molecule has 142 valence electrons. The van der Waals surface area contributed by atoms with Gasteiger partial charge in [-0.15, -0.1) is 0 Å². The summed E-state index contributed by atoms with van der Waals surface area (Å²) in [4.78, 5) is 12.2. The Bertz CT molecular complexity index is 805. The largest absolute Gasteiger partial charge is 0.339 e. The molecule has 2 rings (SSSR count). The molecule has 4 nitrogen and oxygen atoms in total. The van der Waals surface area contributed by atoms with E-state index in [0.717, 1.165) is 16.8 Å². The number of amides is 1. The maximum atomic E-state index is 12.2. The van der Waals surface area contributed by atoms with Gasteiger partial charge < -0.3 is 16.0 Å². The van der Waals surface area contributed by atoms with E-state index in [2.05, 4.69) is 16.0 Å². The van der Waals surface area contributed by atoms with Gasteiger partial charge in [0.05, 0.1) is 0 Å². The van der Waals surface area contributed by atoms with E-state index < -0.39 is 15.9 Å². The minimum absolute atomic E-state index is 0.211. The summed E-state index contributed by atoms with van der Waals surface area (Å²) in [6.45, 7) is 1.98. The molecule has 0 aliphatic rings. The Morgan fingerprint density at radius 2 is 1.67 bits per heavy atom. The Hall–Kier alpha value is -1.79. The van der Waals surface area contributed by atoms with Gasteiger partial charge in [-0.1, -0.05) is 82.8 Å². The summed E-state index contributed by atoms with van der Waals surface area (Å²) in [5.41, 5.74) is 2.77. The lowest BCUT2D eigenvalue weighted by molar-refractivity contribution is -0.117. The zero-order valence-corrected chi connectivity index (χ0v) is 17.5. The van der Waals surface area contributed by atoms with Crippen LogP contribution in [0.3, 0.4) is 0 Å². The number of aryl methyl sites for hydroxylation is 1. The van der Waals surface area contributed by atoms with Crippen LogP contribution < -0.4 is 16.0 Å². The lowest BCUT2D eigenvalue weighted by Crippen LogP contribution is -2.55. The average Bonchev–Trinajstić information content (AvgIpc) is 2.61. The highest BCUT2D eigenvalue weighted by molar-refractivity contribution is 7.80. The molecule has 1 amide bonds. The minimum atomic E-state index is -1.81. The highest BCUT2D eigenvalue weighted by Gasteiger charge is 2.34. The monoisotopic (exact) mass is 441 g/mol. The van der Waals surface area contributed by atoms with Gasteiger partial charge in [-0.2, -0.15) is 0 Å². The maximum Gasteiger partial charge on any atom is 0.245 e. The summed E-state index contributed by atoms with van der Waals surface area (Å²) < 4.78 is -1.81. The highest BCUT2D eigenvalue weighted by atomic mass is 35.6. The molecule has 0 bridgehead atoms. The lowest BCUT2D eigenvalue weighted by Gasteiger charge is -2.27. The zero-order chi connectivity index (χ0) is 19.9. The standard InChI is InChI=1S/C19H18Cl3N3OS/c1-13-7-10-15(11-8-13)23-18(27)25-17(19(20,21)22)24-16(26)12-9-14-5-3-2-4-6-14/h2-12,17H,1H3,(H,24,26)(H2,23,25,27)/b12-9+/t17-/m1/s1. The Morgan fingerprint density at radius 1 is 1.04 bits per heavy atom. The Morgan fingerprint density at radius 3 is 2.26 bits per heavy atom. The third-order valence-electron chi connectivity index (χ3n) is 3.43. The molecule has 1 atom stereocenters. The fourth-order valence-electron chi connectivity index (χ4n) is 2.06. The molecule has 0 unspecified atom stereocenters. The fraction of sp³-hybridized carbons (Fsp3) is 0.158. The van der Waals surface area contributed by atoms with Crippen LogP contribution in [-0.4, -0.2) is 21.0 Å². The second-order valence-electron chi connectivity index (χ2n) is 5.69. The van der Waals surface area contributed by atoms with Crippen molar-refractivity contribution in [2.45, 2.75) is 16.9 Å². The normalized spacial score (nSPS) is 12.4. The number of carbonyl (C=O) groups is 1. The molecule has 0 heterocycles. The lowest BCUT2D eigenvalue weighted by atomic mass is 10.2. The van der Waals surface area contributed by atoms with Gasteiger partial charge in [0.2, 0.25) is 9.70 Å². The summed E-state index contributed by atoms with van der Waals surface area (Å²) in [6, 6.07) is 17.0. The smallest absolute Gasteiger partial charge is 0.245 e. The first-order chi connectivity index (χ1) is 12.7. The van der Waals surface area contributed by atoms with Crippen LogP contribution in [0.1, 0.15) is 11.1 Å². The Kier molecular flexibility index (Phi) is 7.92. The molecule has 8 heteroatoms. The van der Waals surface area contributed by atoms with Crippen LogP contribution in [0.15, 0.2) is 60.7 Å². The Labute approximate surface area is 178 Å². The van der Waals surface area contributed by atoms with Crippen LogP contribution in [-0.2, 0) is 4.79 Å². The van der Waals surface area contributed by atoms with Gasteiger partial charge in [-0.3, -0.25) is 4.79 Å². The number of rotatable bonds is 5. The number of hydrogen-bond donors (Lipinski definition) is 3. The topological polar surface area (TPSA) is 53.2 Å². The van der Waals surface area contributed by atoms with Crippen molar-refractivity contribution < 1.29 is 4.79 Å². The van der Waals surface area contributed by atoms with Gasteiger partial charge in [0.25, 0.3) is 0 Å². The zero-order valence-electron chi connectivity index (χ0n) is 14.4. The molecule has 0 spiro atoms. The van der Waals surface area contributed by atoms with Gasteiger partial charge in [-0.05, 0) is 42.9 Å². The fourth-order valence-corrected chi connectivity index (χ4v) is 2.62. The van der Waals surface area contributed by atoms with E-state index in [0.29, 0.717) is 0 Å². The van der Waals surface area contributed by atoms with Crippen molar-refractivity contribution in [3.05, 3.63) is 71.8 Å². The molecule has 0 saturated carbocycles. The van der Waals surface area contributed by atoms with Crippen molar-refractivity contribution in [3.8, 4) is 0 Å². The van der Waals surface area contributed by atoms with E-state index in [4.69, 9.17) is 47.0 Å². The van der Waals surface area contributed by atoms with Crippen LogP contribution in [0, 0.1) is 6.92 Å². The van der Waals surface area contributed by atoms with Crippen LogP contribution >= 0.6 is 47.0 Å². The average molecular weight is 443 g/mol. The van der Waals surface area contributed by atoms with Crippen molar-refractivity contribution in [3.63, 3.8) is 0 Å². The Balaban J connectivity index is 1.98. The van der Waals surface area contributed by atoms with Crippen LogP contribution in [0.4, 0.5) is 5.69 Å². The SMILES string of the molecule is Cc1ccc(NC(=S)N[C@@H](NC(=O)/C=C/c2ccccc2)C(Cl)(Cl)Cl)cc1. The molecule has 0 fully saturated rings. The number of benzene rings is 2. The number of nitrogens with one attached hydrogen (secondary N) is 3. The molecular formula is C19H18Cl3N3OS. The van der Waals surface area contributed by atoms with E-state index in [9.17, 15) is 4.79 Å². The van der Waals surface area contributed by atoms with Gasteiger partial charge in [0.15, 0.2) is 5.11 Å². The molecule has 0 aromatic heterocycles. The predicted molar refractivity (Wildman–Crippen MR) is 118 cm³/mol. The second-order valence-corrected chi connectivity index (χ2v) is 8.47. The predicted octanol–water partition coefficient (Wildman–Crippen LogP) is 4.81. The van der Waals surface area contributed by atoms with Crippen molar-refractivity contribution in [2.75, 3.05) is 5.32 Å². The molecule has 3 N–H and O–H groups in total. The van der Waals surface area contributed by atoms with Crippen LogP contribution in [0.2, 0.25) is 0 Å². The summed E-state index contributed by atoms with van der Waals surface area (Å²) in [5, 5.41) is 8.59. The van der Waals surface area contributed by atoms with Gasteiger partial charge >= 0.3 is 0 Å². The summed E-state index contributed by atoms with van der Waals surface area (Å²) >= 11 is 23.2. The highest BCUT2D eigenvalue weighted by Crippen LogP contribution is 2.29. The van der Waals surface area contributed by atoms with E-state index in [1.807, 2.05) is 61.5 Å². The quantitative estimate of drug-likeness (QED) is 0.269. The third kappa shape index (κ3) is 7.77. The first-order valence-electron chi connectivity index (χ1n) is 7.98. The van der Waals surface area contributed by atoms with Crippen molar-refractivity contribution in [1.82, 2.24) is 10.6 Å². The van der Waals surface area contributed by atoms with Crippen LogP contribution in [0.5, 0.6) is 0 Å². The van der Waals surface area contributed by atoms with Crippen molar-refractivity contribution in [1.29, 1.82) is 0 Å². The molecule has 2 aromatic rings. The number of carbonyl (C=O) groups excluding carboxylic acids is 1. The van der Waals surface area contributed by atoms with E-state index in [1.165, 1.54) is 6.08 Å². The third-order valence-corrected chi connectivity index (χ3v) is 4.30. The van der Waals surface area contributed by atoms with Crippen LogP contribution in [0.25, 0.3) is 6.08 Å². The number of alkyl halides is 3. The maximum absolute atomic E-state index is 12.2. The molecule has 2 aromatic carbocycles. The van der Waals surface area contributed by atoms with Gasteiger partial charge in [0.1, 0.15) is 6.17 Å². The van der Waals surface area contributed by atoms with E-state index in [-0.39, 0.29) is 5.11 Å². The van der Waals surface area contributed by atoms with Gasteiger partial charge in [-0.25, -0.2) is 0 Å². The van der Waals surface area contributed by atoms with Crippen molar-refractivity contribution >= 4 is 69.8 Å². The number of halogens is 3. The summed E-state index contributed by atoms with van der Waals surface area (Å²) in [5.74, 6) is -0.430. The number of anilines is 1. The van der Waals surface area contributed by atoms with E-state index in [1.54, 1.807) is 6.08 Å². The second kappa shape index (κ2) is 9.95. The first kappa shape index (κ1) is 21.5. The first-order valence-corrected chi connectivity index (χ1v) is 9.53. The molecule has 0 radical (unpaired) electrons. The summed E-state index contributed by atoms with van der Waals surface area (Å²) in [7, 11) is 0. The van der Waals surface area contributed by atoms with E-state index >= 15 is 0 Å². The molecule has 0 saturated heterocycles. The number of thiocarbonyl (C=S) groups is 1. The minimum Gasteiger partial charge on any atom is -0.339 e. The molecule has 0 aliphatic carbocycles. The molecule has 0 aliphatic heterocycles. The molecule has 27 heavy (non-hydrogen) atoms. The van der Waals surface area contributed by atoms with Gasteiger partial charge in [0, 0.05) is 11.8 Å². The number of hydrogen-bond acceptors (Lipinski definition) is 2. The molecular weight excluding hydrogens is 425 g/mol. The summed E-state index contributed by atoms with van der Waals surface area (Å²) in [6.07, 6.45) is 1.99.